The molecule has 2 rings (SSSR count). The lowest BCUT2D eigenvalue weighted by atomic mass is 9.94. The van der Waals surface area contributed by atoms with Crippen LogP contribution in [0.5, 0.6) is 5.75 Å². The minimum atomic E-state index is -0.597. The number of ether oxygens (including phenoxy) is 2. The lowest BCUT2D eigenvalue weighted by molar-refractivity contribution is -0.125. The maximum Gasteiger partial charge on any atom is 0.319 e. The van der Waals surface area contributed by atoms with Crippen molar-refractivity contribution >= 4 is 17.6 Å². The lowest BCUT2D eigenvalue weighted by Crippen LogP contribution is -2.55. The molecule has 1 aromatic carbocycles. The van der Waals surface area contributed by atoms with E-state index in [1.807, 2.05) is 6.92 Å². The zero-order valence-electron chi connectivity index (χ0n) is 13.7. The van der Waals surface area contributed by atoms with Gasteiger partial charge in [-0.15, -0.1) is 0 Å². The van der Waals surface area contributed by atoms with Gasteiger partial charge in [-0.25, -0.2) is 9.18 Å². The van der Waals surface area contributed by atoms with E-state index in [9.17, 15) is 14.0 Å². The predicted molar refractivity (Wildman–Crippen MR) is 86.5 cm³/mol. The van der Waals surface area contributed by atoms with Gasteiger partial charge < -0.3 is 25.4 Å². The van der Waals surface area contributed by atoms with Crippen molar-refractivity contribution in [3.63, 3.8) is 0 Å². The van der Waals surface area contributed by atoms with E-state index >= 15 is 0 Å². The first kappa shape index (κ1) is 18.0. The molecule has 0 saturated carbocycles. The molecule has 132 valence electrons. The van der Waals surface area contributed by atoms with Crippen molar-refractivity contribution in [3.8, 4) is 5.75 Å². The number of rotatable bonds is 6. The van der Waals surface area contributed by atoms with Gasteiger partial charge in [-0.3, -0.25) is 4.79 Å². The molecule has 3 N–H and O–H groups in total. The summed E-state index contributed by atoms with van der Waals surface area (Å²) in [5, 5.41) is 7.83. The van der Waals surface area contributed by atoms with Gasteiger partial charge in [-0.05, 0) is 24.5 Å². The zero-order valence-corrected chi connectivity index (χ0v) is 13.7. The van der Waals surface area contributed by atoms with Gasteiger partial charge in [0.05, 0.1) is 6.61 Å². The van der Waals surface area contributed by atoms with Crippen LogP contribution in [0, 0.1) is 11.7 Å². The topological polar surface area (TPSA) is 88.7 Å². The number of carbonyl (C=O) groups excluding carboxylic acids is 2. The Hall–Kier alpha value is -2.35. The van der Waals surface area contributed by atoms with E-state index in [1.54, 1.807) is 0 Å². The average Bonchev–Trinajstić information content (AvgIpc) is 2.53. The van der Waals surface area contributed by atoms with Crippen molar-refractivity contribution in [1.82, 2.24) is 10.6 Å². The Kier molecular flexibility index (Phi) is 6.36. The minimum absolute atomic E-state index is 0.0396. The lowest BCUT2D eigenvalue weighted by Gasteiger charge is -2.28. The molecule has 1 saturated heterocycles. The number of carbonyl (C=O) groups is 2. The summed E-state index contributed by atoms with van der Waals surface area (Å²) in [7, 11) is 1.53. The molecule has 2 unspecified atom stereocenters. The van der Waals surface area contributed by atoms with E-state index in [2.05, 4.69) is 16.0 Å². The molecule has 2 atom stereocenters. The van der Waals surface area contributed by atoms with E-state index in [4.69, 9.17) is 9.47 Å². The van der Waals surface area contributed by atoms with Crippen molar-refractivity contribution in [1.29, 1.82) is 0 Å². The number of halogens is 1. The standard InChI is InChI=1S/C16H22FN3O4/c1-10-5-6-18-15(21)14(10)20-16(22)19-11-3-4-13(12(17)9-11)24-8-7-23-2/h3-4,9-10,14H,5-8H2,1-2H3,(H,18,21)(H2,19,20,22). The normalized spacial score (nSPS) is 20.2. The molecule has 0 spiro atoms. The Morgan fingerprint density at radius 3 is 2.88 bits per heavy atom. The molecular weight excluding hydrogens is 317 g/mol. The molecule has 1 aliphatic rings. The molecule has 1 aromatic rings. The molecule has 1 heterocycles. The van der Waals surface area contributed by atoms with Crippen LogP contribution in [-0.2, 0) is 9.53 Å². The van der Waals surface area contributed by atoms with E-state index in [-0.39, 0.29) is 29.9 Å². The van der Waals surface area contributed by atoms with Gasteiger partial charge in [0.1, 0.15) is 12.6 Å². The van der Waals surface area contributed by atoms with Crippen LogP contribution in [0.15, 0.2) is 18.2 Å². The Morgan fingerprint density at radius 2 is 2.21 bits per heavy atom. The second-order valence-electron chi connectivity index (χ2n) is 5.62. The van der Waals surface area contributed by atoms with Gasteiger partial charge in [0, 0.05) is 25.4 Å². The van der Waals surface area contributed by atoms with Crippen LogP contribution >= 0.6 is 0 Å². The van der Waals surface area contributed by atoms with Gasteiger partial charge in [-0.1, -0.05) is 6.92 Å². The SMILES string of the molecule is COCCOc1ccc(NC(=O)NC2C(=O)NCCC2C)cc1F. The molecule has 8 heteroatoms. The molecule has 0 aromatic heterocycles. The van der Waals surface area contributed by atoms with Crippen LogP contribution in [-0.4, -0.2) is 44.8 Å². The Balaban J connectivity index is 1.91. The molecule has 0 radical (unpaired) electrons. The van der Waals surface area contributed by atoms with E-state index in [0.717, 1.165) is 12.5 Å². The van der Waals surface area contributed by atoms with Crippen LogP contribution < -0.4 is 20.7 Å². The first-order chi connectivity index (χ1) is 11.5. The molecule has 24 heavy (non-hydrogen) atoms. The second kappa shape index (κ2) is 8.49. The van der Waals surface area contributed by atoms with Gasteiger partial charge in [0.25, 0.3) is 0 Å². The summed E-state index contributed by atoms with van der Waals surface area (Å²) in [5.41, 5.74) is 0.271. The van der Waals surface area contributed by atoms with Crippen LogP contribution in [0.25, 0.3) is 0 Å². The number of methoxy groups -OCH3 is 1. The van der Waals surface area contributed by atoms with Crippen molar-refractivity contribution in [2.45, 2.75) is 19.4 Å². The highest BCUT2D eigenvalue weighted by Crippen LogP contribution is 2.21. The molecule has 0 aliphatic carbocycles. The number of urea groups is 1. The first-order valence-corrected chi connectivity index (χ1v) is 7.77. The Labute approximate surface area is 139 Å². The second-order valence-corrected chi connectivity index (χ2v) is 5.62. The molecule has 3 amide bonds. The summed E-state index contributed by atoms with van der Waals surface area (Å²) < 4.78 is 23.9. The Bertz CT molecular complexity index is 597. The van der Waals surface area contributed by atoms with Crippen molar-refractivity contribution in [3.05, 3.63) is 24.0 Å². The molecule has 7 nitrogen and oxygen atoms in total. The summed E-state index contributed by atoms with van der Waals surface area (Å²) in [6.07, 6.45) is 0.791. The monoisotopic (exact) mass is 339 g/mol. The van der Waals surface area contributed by atoms with Gasteiger partial charge in [0.2, 0.25) is 5.91 Å². The molecule has 0 bridgehead atoms. The summed E-state index contributed by atoms with van der Waals surface area (Å²) in [4.78, 5) is 23.8. The molecule has 1 fully saturated rings. The van der Waals surface area contributed by atoms with Gasteiger partial charge >= 0.3 is 6.03 Å². The zero-order chi connectivity index (χ0) is 17.5. The number of piperidine rings is 1. The smallest absolute Gasteiger partial charge is 0.319 e. The van der Waals surface area contributed by atoms with Gasteiger partial charge in [-0.2, -0.15) is 0 Å². The molecule has 1 aliphatic heterocycles. The fourth-order valence-electron chi connectivity index (χ4n) is 2.40. The fraction of sp³-hybridized carbons (Fsp3) is 0.500. The highest BCUT2D eigenvalue weighted by atomic mass is 19.1. The van der Waals surface area contributed by atoms with Gasteiger partial charge in [0.15, 0.2) is 11.6 Å². The molecular formula is C16H22FN3O4. The third-order valence-corrected chi connectivity index (χ3v) is 3.77. The minimum Gasteiger partial charge on any atom is -0.488 e. The Morgan fingerprint density at radius 1 is 1.42 bits per heavy atom. The first-order valence-electron chi connectivity index (χ1n) is 7.77. The predicted octanol–water partition coefficient (Wildman–Crippen LogP) is 1.50. The van der Waals surface area contributed by atoms with Crippen molar-refractivity contribution in [2.24, 2.45) is 5.92 Å². The van der Waals surface area contributed by atoms with Crippen LogP contribution in [0.3, 0.4) is 0 Å². The number of hydrogen-bond acceptors (Lipinski definition) is 4. The van der Waals surface area contributed by atoms with Crippen LogP contribution in [0.1, 0.15) is 13.3 Å². The number of hydrogen-bond donors (Lipinski definition) is 3. The fourth-order valence-corrected chi connectivity index (χ4v) is 2.40. The summed E-state index contributed by atoms with van der Waals surface area (Å²) in [6.45, 7) is 3.09. The largest absolute Gasteiger partial charge is 0.488 e. The van der Waals surface area contributed by atoms with Crippen LogP contribution in [0.2, 0.25) is 0 Å². The maximum atomic E-state index is 13.9. The highest BCUT2D eigenvalue weighted by Gasteiger charge is 2.30. The van der Waals surface area contributed by atoms with E-state index < -0.39 is 17.9 Å². The van der Waals surface area contributed by atoms with Crippen LogP contribution in [0.4, 0.5) is 14.9 Å². The number of amides is 3. The highest BCUT2D eigenvalue weighted by molar-refractivity contribution is 5.94. The van der Waals surface area contributed by atoms with E-state index in [0.29, 0.717) is 13.2 Å². The maximum absolute atomic E-state index is 13.9. The van der Waals surface area contributed by atoms with Crippen molar-refractivity contribution in [2.75, 3.05) is 32.2 Å². The number of nitrogens with one attached hydrogen (secondary N) is 3. The van der Waals surface area contributed by atoms with Crippen molar-refractivity contribution < 1.29 is 23.5 Å². The third kappa shape index (κ3) is 4.82. The quantitative estimate of drug-likeness (QED) is 0.685. The summed E-state index contributed by atoms with van der Waals surface area (Å²) in [5.74, 6) is -0.680. The third-order valence-electron chi connectivity index (χ3n) is 3.77. The average molecular weight is 339 g/mol. The summed E-state index contributed by atoms with van der Waals surface area (Å²) >= 11 is 0. The number of anilines is 1. The number of benzene rings is 1. The summed E-state index contributed by atoms with van der Waals surface area (Å²) in [6, 6.07) is 2.95. The van der Waals surface area contributed by atoms with E-state index in [1.165, 1.54) is 19.2 Å².